The molecule has 0 atom stereocenters. The minimum Gasteiger partial charge on any atom is -0.347 e. The fourth-order valence-corrected chi connectivity index (χ4v) is 2.23. The Kier molecular flexibility index (Phi) is 2.61. The first-order valence-electron chi connectivity index (χ1n) is 4.45. The van der Waals surface area contributed by atoms with Crippen molar-refractivity contribution in [2.45, 2.75) is 6.92 Å². The lowest BCUT2D eigenvalue weighted by Crippen LogP contribution is -1.91. The highest BCUT2D eigenvalue weighted by molar-refractivity contribution is 9.10. The Bertz CT molecular complexity index is 559. The second-order valence-electron chi connectivity index (χ2n) is 3.46. The van der Waals surface area contributed by atoms with Gasteiger partial charge < -0.3 is 4.57 Å². The molecule has 2 aromatic rings. The lowest BCUT2D eigenvalue weighted by atomic mass is 10.1. The summed E-state index contributed by atoms with van der Waals surface area (Å²) >= 11 is 9.38. The summed E-state index contributed by atoms with van der Waals surface area (Å²) < 4.78 is 2.83. The summed E-state index contributed by atoms with van der Waals surface area (Å²) in [7, 11) is 1.94. The van der Waals surface area contributed by atoms with Gasteiger partial charge in [0.1, 0.15) is 0 Å². The lowest BCUT2D eigenvalue weighted by Gasteiger charge is -2.00. The molecule has 1 aromatic carbocycles. The summed E-state index contributed by atoms with van der Waals surface area (Å²) in [6.07, 6.45) is 0.877. The summed E-state index contributed by atoms with van der Waals surface area (Å²) in [6.45, 7) is 1.92. The van der Waals surface area contributed by atoms with Gasteiger partial charge in [0, 0.05) is 33.7 Å². The van der Waals surface area contributed by atoms with E-state index < -0.39 is 0 Å². The molecular formula is C11H9BrClNO. The SMILES string of the molecule is Cc1c(C=O)c2cc(Cl)c(Br)cc2n1C. The average molecular weight is 287 g/mol. The lowest BCUT2D eigenvalue weighted by molar-refractivity contribution is 0.112. The first-order chi connectivity index (χ1) is 7.06. The smallest absolute Gasteiger partial charge is 0.152 e. The number of carbonyl (C=O) groups is 1. The predicted octanol–water partition coefficient (Wildman–Crippen LogP) is 3.72. The zero-order valence-electron chi connectivity index (χ0n) is 8.34. The Morgan fingerprint density at radius 1 is 1.47 bits per heavy atom. The number of carbonyl (C=O) groups excluding carboxylic acids is 1. The Morgan fingerprint density at radius 2 is 2.13 bits per heavy atom. The number of benzene rings is 1. The van der Waals surface area contributed by atoms with Crippen LogP contribution >= 0.6 is 27.5 Å². The van der Waals surface area contributed by atoms with Crippen molar-refractivity contribution >= 4 is 44.7 Å². The molecule has 2 nitrogen and oxygen atoms in total. The fraction of sp³-hybridized carbons (Fsp3) is 0.182. The van der Waals surface area contributed by atoms with Crippen molar-refractivity contribution < 1.29 is 4.79 Å². The molecule has 0 saturated carbocycles. The molecule has 15 heavy (non-hydrogen) atoms. The van der Waals surface area contributed by atoms with Crippen LogP contribution < -0.4 is 0 Å². The quantitative estimate of drug-likeness (QED) is 0.732. The number of halogens is 2. The first-order valence-corrected chi connectivity index (χ1v) is 5.62. The predicted molar refractivity (Wildman–Crippen MR) is 65.8 cm³/mol. The zero-order valence-corrected chi connectivity index (χ0v) is 10.7. The number of nitrogens with zero attached hydrogens (tertiary/aromatic N) is 1. The van der Waals surface area contributed by atoms with Gasteiger partial charge in [-0.1, -0.05) is 11.6 Å². The third-order valence-electron chi connectivity index (χ3n) is 2.70. The molecule has 0 spiro atoms. The third-order valence-corrected chi connectivity index (χ3v) is 3.90. The molecule has 0 aliphatic rings. The van der Waals surface area contributed by atoms with E-state index in [4.69, 9.17) is 11.6 Å². The second-order valence-corrected chi connectivity index (χ2v) is 4.72. The van der Waals surface area contributed by atoms with Gasteiger partial charge in [-0.25, -0.2) is 0 Å². The Balaban J connectivity index is 2.97. The highest BCUT2D eigenvalue weighted by Crippen LogP contribution is 2.31. The van der Waals surface area contributed by atoms with Crippen LogP contribution in [0.4, 0.5) is 0 Å². The van der Waals surface area contributed by atoms with E-state index in [0.717, 1.165) is 27.4 Å². The number of aldehydes is 1. The van der Waals surface area contributed by atoms with Crippen molar-refractivity contribution in [3.63, 3.8) is 0 Å². The number of fused-ring (bicyclic) bond motifs is 1. The van der Waals surface area contributed by atoms with Gasteiger partial charge in [-0.3, -0.25) is 4.79 Å². The van der Waals surface area contributed by atoms with E-state index in [1.807, 2.05) is 30.7 Å². The van der Waals surface area contributed by atoms with Crippen LogP contribution in [0.3, 0.4) is 0 Å². The van der Waals surface area contributed by atoms with Crippen molar-refractivity contribution in [1.29, 1.82) is 0 Å². The number of aryl methyl sites for hydroxylation is 1. The van der Waals surface area contributed by atoms with Crippen molar-refractivity contribution in [1.82, 2.24) is 4.57 Å². The molecule has 0 saturated heterocycles. The van der Waals surface area contributed by atoms with Gasteiger partial charge in [0.15, 0.2) is 6.29 Å². The van der Waals surface area contributed by atoms with E-state index in [-0.39, 0.29) is 0 Å². The van der Waals surface area contributed by atoms with Crippen molar-refractivity contribution in [3.8, 4) is 0 Å². The minimum atomic E-state index is 0.621. The average Bonchev–Trinajstić information content (AvgIpc) is 2.42. The summed E-state index contributed by atoms with van der Waals surface area (Å²) in [6, 6.07) is 3.75. The zero-order chi connectivity index (χ0) is 11.2. The highest BCUT2D eigenvalue weighted by atomic mass is 79.9. The van der Waals surface area contributed by atoms with Crippen LogP contribution in [-0.2, 0) is 7.05 Å². The molecule has 0 aliphatic heterocycles. The summed E-state index contributed by atoms with van der Waals surface area (Å²) in [5.41, 5.74) is 2.67. The van der Waals surface area contributed by atoms with E-state index in [9.17, 15) is 4.79 Å². The van der Waals surface area contributed by atoms with Gasteiger partial charge in [-0.2, -0.15) is 0 Å². The molecule has 1 aromatic heterocycles. The minimum absolute atomic E-state index is 0.621. The fourth-order valence-electron chi connectivity index (χ4n) is 1.73. The van der Waals surface area contributed by atoms with Gasteiger partial charge in [-0.15, -0.1) is 0 Å². The van der Waals surface area contributed by atoms with Crippen LogP contribution in [0.1, 0.15) is 16.1 Å². The Hall–Kier alpha value is -0.800. The summed E-state index contributed by atoms with van der Waals surface area (Å²) in [4.78, 5) is 11.0. The normalized spacial score (nSPS) is 10.9. The van der Waals surface area contributed by atoms with Crippen LogP contribution in [-0.4, -0.2) is 10.9 Å². The summed E-state index contributed by atoms with van der Waals surface area (Å²) in [5, 5.41) is 1.52. The maximum atomic E-state index is 11.0. The first kappa shape index (κ1) is 10.7. The van der Waals surface area contributed by atoms with Gasteiger partial charge in [-0.05, 0) is 35.0 Å². The Morgan fingerprint density at radius 3 is 2.73 bits per heavy atom. The topological polar surface area (TPSA) is 22.0 Å². The standard InChI is InChI=1S/C11H9BrClNO/c1-6-8(5-15)7-3-10(13)9(12)4-11(7)14(6)2/h3-5H,1-2H3. The van der Waals surface area contributed by atoms with E-state index in [2.05, 4.69) is 15.9 Å². The highest BCUT2D eigenvalue weighted by Gasteiger charge is 2.12. The molecule has 0 amide bonds. The molecule has 1 heterocycles. The van der Waals surface area contributed by atoms with Crippen LogP contribution in [0.25, 0.3) is 10.9 Å². The molecule has 0 unspecified atom stereocenters. The molecule has 78 valence electrons. The molecule has 2 rings (SSSR count). The van der Waals surface area contributed by atoms with E-state index in [1.165, 1.54) is 0 Å². The maximum absolute atomic E-state index is 11.0. The monoisotopic (exact) mass is 285 g/mol. The van der Waals surface area contributed by atoms with Crippen molar-refractivity contribution in [2.75, 3.05) is 0 Å². The molecule has 0 N–H and O–H groups in total. The molecular weight excluding hydrogens is 277 g/mol. The molecule has 0 aliphatic carbocycles. The van der Waals surface area contributed by atoms with Gasteiger partial charge in [0.2, 0.25) is 0 Å². The van der Waals surface area contributed by atoms with Crippen LogP contribution in [0.5, 0.6) is 0 Å². The number of hydrogen-bond acceptors (Lipinski definition) is 1. The number of aromatic nitrogens is 1. The summed E-state index contributed by atoms with van der Waals surface area (Å²) in [5.74, 6) is 0. The van der Waals surface area contributed by atoms with Crippen LogP contribution in [0, 0.1) is 6.92 Å². The molecule has 4 heteroatoms. The van der Waals surface area contributed by atoms with Crippen LogP contribution in [0.15, 0.2) is 16.6 Å². The van der Waals surface area contributed by atoms with E-state index in [0.29, 0.717) is 10.6 Å². The van der Waals surface area contributed by atoms with Crippen molar-refractivity contribution in [3.05, 3.63) is 32.9 Å². The maximum Gasteiger partial charge on any atom is 0.152 e. The largest absolute Gasteiger partial charge is 0.347 e. The van der Waals surface area contributed by atoms with Gasteiger partial charge in [0.25, 0.3) is 0 Å². The molecule has 0 bridgehead atoms. The molecule has 0 fully saturated rings. The van der Waals surface area contributed by atoms with Gasteiger partial charge in [0.05, 0.1) is 5.02 Å². The van der Waals surface area contributed by atoms with E-state index >= 15 is 0 Å². The molecule has 0 radical (unpaired) electrons. The van der Waals surface area contributed by atoms with Crippen LogP contribution in [0.2, 0.25) is 5.02 Å². The number of hydrogen-bond donors (Lipinski definition) is 0. The number of rotatable bonds is 1. The third kappa shape index (κ3) is 1.50. The van der Waals surface area contributed by atoms with Crippen molar-refractivity contribution in [2.24, 2.45) is 7.05 Å². The second kappa shape index (κ2) is 3.65. The van der Waals surface area contributed by atoms with Gasteiger partial charge >= 0.3 is 0 Å². The Labute approximate surface area is 101 Å². The van der Waals surface area contributed by atoms with E-state index in [1.54, 1.807) is 0 Å².